The molecule has 1 aromatic heterocycles. The number of carboxylic acids is 1. The number of alkyl halides is 3. The molecule has 0 spiro atoms. The summed E-state index contributed by atoms with van der Waals surface area (Å²) in [4.78, 5) is 25.4. The van der Waals surface area contributed by atoms with Gasteiger partial charge in [0.25, 0.3) is 0 Å². The van der Waals surface area contributed by atoms with Gasteiger partial charge in [-0.2, -0.15) is 0 Å². The van der Waals surface area contributed by atoms with Crippen LogP contribution in [0.25, 0.3) is 10.9 Å². The summed E-state index contributed by atoms with van der Waals surface area (Å²) < 4.78 is 50.6. The Labute approximate surface area is 226 Å². The number of rotatable bonds is 7. The minimum absolute atomic E-state index is 0.192. The van der Waals surface area contributed by atoms with Crippen LogP contribution in [0.5, 0.6) is 11.5 Å². The van der Waals surface area contributed by atoms with Crippen LogP contribution in [-0.4, -0.2) is 33.4 Å². The van der Waals surface area contributed by atoms with Crippen LogP contribution in [0.1, 0.15) is 46.1 Å². The quantitative estimate of drug-likeness (QED) is 0.249. The van der Waals surface area contributed by atoms with Gasteiger partial charge in [-0.3, -0.25) is 4.79 Å². The predicted molar refractivity (Wildman–Crippen MR) is 139 cm³/mol. The van der Waals surface area contributed by atoms with Crippen LogP contribution in [0.15, 0.2) is 60.7 Å². The molecule has 0 bridgehead atoms. The van der Waals surface area contributed by atoms with E-state index < -0.39 is 23.7 Å². The van der Waals surface area contributed by atoms with E-state index in [1.54, 1.807) is 54.8 Å². The number of hydrogen-bond donors (Lipinski definition) is 1. The van der Waals surface area contributed by atoms with Crippen molar-refractivity contribution >= 4 is 34.3 Å². The van der Waals surface area contributed by atoms with Crippen molar-refractivity contribution in [2.75, 3.05) is 0 Å². The van der Waals surface area contributed by atoms with Crippen molar-refractivity contribution in [1.82, 2.24) is 4.57 Å². The van der Waals surface area contributed by atoms with Gasteiger partial charge in [-0.25, -0.2) is 4.79 Å². The Hall–Kier alpha value is -3.98. The maximum atomic E-state index is 13.6. The van der Waals surface area contributed by atoms with Gasteiger partial charge in [0.05, 0.1) is 11.1 Å². The van der Waals surface area contributed by atoms with Crippen LogP contribution in [0.4, 0.5) is 13.2 Å². The number of fused-ring (bicyclic) bond motifs is 2. The Balaban J connectivity index is 1.59. The second kappa shape index (κ2) is 9.64. The smallest absolute Gasteiger partial charge is 0.478 e. The van der Waals surface area contributed by atoms with Crippen molar-refractivity contribution in [1.29, 1.82) is 0 Å². The lowest BCUT2D eigenvalue weighted by atomic mass is 9.94. The monoisotopic (exact) mass is 557 g/mol. The topological polar surface area (TPSA) is 77.8 Å². The normalized spacial score (nSPS) is 16.7. The molecule has 10 heteroatoms. The van der Waals surface area contributed by atoms with Crippen molar-refractivity contribution in [3.8, 4) is 11.5 Å². The molecule has 1 aliphatic rings. The number of halogens is 4. The summed E-state index contributed by atoms with van der Waals surface area (Å²) in [5.41, 5.74) is 1.84. The predicted octanol–water partition coefficient (Wildman–Crippen LogP) is 6.95. The molecule has 1 atom stereocenters. The van der Waals surface area contributed by atoms with E-state index >= 15 is 0 Å². The summed E-state index contributed by atoms with van der Waals surface area (Å²) in [5.74, 6) is -1.26. The van der Waals surface area contributed by atoms with Crippen molar-refractivity contribution in [3.05, 3.63) is 93.6 Å². The highest BCUT2D eigenvalue weighted by Crippen LogP contribution is 2.39. The van der Waals surface area contributed by atoms with Gasteiger partial charge in [0.2, 0.25) is 5.60 Å². The van der Waals surface area contributed by atoms with Crippen LogP contribution in [0, 0.1) is 6.92 Å². The summed E-state index contributed by atoms with van der Waals surface area (Å²) in [6, 6.07) is 15.6. The molecule has 0 amide bonds. The first-order valence-corrected chi connectivity index (χ1v) is 12.5. The number of hydrogen-bond acceptors (Lipinski definition) is 4. The second-order valence-electron chi connectivity index (χ2n) is 9.48. The molecule has 1 aliphatic heterocycles. The number of ketones is 1. The number of benzene rings is 3. The van der Waals surface area contributed by atoms with Gasteiger partial charge >= 0.3 is 12.3 Å². The molecule has 0 saturated heterocycles. The van der Waals surface area contributed by atoms with Gasteiger partial charge in [0.1, 0.15) is 11.5 Å². The molecule has 39 heavy (non-hydrogen) atoms. The summed E-state index contributed by atoms with van der Waals surface area (Å²) in [7, 11) is 0. The van der Waals surface area contributed by atoms with Gasteiger partial charge in [-0.1, -0.05) is 30.7 Å². The van der Waals surface area contributed by atoms with Crippen molar-refractivity contribution < 1.29 is 37.3 Å². The lowest BCUT2D eigenvalue weighted by molar-refractivity contribution is -0.274. The molecular formula is C29H23ClF3NO5. The first kappa shape index (κ1) is 26.6. The van der Waals surface area contributed by atoms with Crippen molar-refractivity contribution in [3.63, 3.8) is 0 Å². The van der Waals surface area contributed by atoms with E-state index in [0.717, 1.165) is 11.1 Å². The van der Waals surface area contributed by atoms with Crippen LogP contribution in [-0.2, 0) is 17.8 Å². The van der Waals surface area contributed by atoms with E-state index in [0.29, 0.717) is 38.5 Å². The number of aliphatic carboxylic acids is 1. The SMILES string of the molecule is CCC1(C(=O)O)Cc2cc(Cn3c(C)c(C(=O)c4ccc(Cl)cc4)c4ccc(OC(F)(F)F)cc43)ccc2O1. The van der Waals surface area contributed by atoms with Gasteiger partial charge in [-0.15, -0.1) is 13.2 Å². The number of carbonyl (C=O) groups excluding carboxylic acids is 1. The van der Waals surface area contributed by atoms with E-state index in [-0.39, 0.29) is 25.2 Å². The van der Waals surface area contributed by atoms with E-state index in [1.807, 2.05) is 6.07 Å². The van der Waals surface area contributed by atoms with Crippen molar-refractivity contribution in [2.24, 2.45) is 0 Å². The number of carboxylic acid groups (broad SMARTS) is 1. The summed E-state index contributed by atoms with van der Waals surface area (Å²) in [5, 5.41) is 10.6. The Morgan fingerprint density at radius 3 is 2.46 bits per heavy atom. The summed E-state index contributed by atoms with van der Waals surface area (Å²) >= 11 is 5.98. The maximum absolute atomic E-state index is 13.6. The minimum Gasteiger partial charge on any atom is -0.478 e. The molecule has 0 radical (unpaired) electrons. The van der Waals surface area contributed by atoms with Crippen molar-refractivity contribution in [2.45, 2.75) is 45.2 Å². The Morgan fingerprint density at radius 1 is 1.10 bits per heavy atom. The van der Waals surface area contributed by atoms with Gasteiger partial charge in [0, 0.05) is 40.7 Å². The van der Waals surface area contributed by atoms with E-state index in [1.165, 1.54) is 18.2 Å². The first-order chi connectivity index (χ1) is 18.4. The molecule has 2 heterocycles. The highest BCUT2D eigenvalue weighted by Gasteiger charge is 2.45. The first-order valence-electron chi connectivity index (χ1n) is 12.1. The molecule has 0 aliphatic carbocycles. The molecule has 1 unspecified atom stereocenters. The molecule has 0 saturated carbocycles. The number of nitrogens with zero attached hydrogens (tertiary/aromatic N) is 1. The zero-order valence-corrected chi connectivity index (χ0v) is 21.7. The third-order valence-corrected chi connectivity index (χ3v) is 7.32. The minimum atomic E-state index is -4.88. The third-order valence-electron chi connectivity index (χ3n) is 7.07. The number of aromatic nitrogens is 1. The average Bonchev–Trinajstić information content (AvgIpc) is 3.39. The Bertz CT molecular complexity index is 1610. The summed E-state index contributed by atoms with van der Waals surface area (Å²) in [6.45, 7) is 3.69. The standard InChI is InChI=1S/C29H23ClF3NO5/c1-3-28(27(36)37)14-19-12-17(4-11-24(19)39-28)15-34-16(2)25(26(35)18-5-7-20(30)8-6-18)22-10-9-21(13-23(22)34)38-29(31,32)33/h4-13H,3,14-15H2,1-2H3,(H,36,37). The lowest BCUT2D eigenvalue weighted by Gasteiger charge is -2.21. The number of carbonyl (C=O) groups is 2. The van der Waals surface area contributed by atoms with E-state index in [2.05, 4.69) is 4.74 Å². The molecule has 4 aromatic rings. The lowest BCUT2D eigenvalue weighted by Crippen LogP contribution is -2.42. The third kappa shape index (κ3) is 4.94. The van der Waals surface area contributed by atoms with Crippen LogP contribution in [0.2, 0.25) is 5.02 Å². The largest absolute Gasteiger partial charge is 0.573 e. The molecule has 5 rings (SSSR count). The van der Waals surface area contributed by atoms with Gasteiger partial charge in [-0.05, 0) is 66.9 Å². The fourth-order valence-electron chi connectivity index (χ4n) is 5.06. The molecule has 0 fully saturated rings. The average molecular weight is 558 g/mol. The summed E-state index contributed by atoms with van der Waals surface area (Å²) in [6.07, 6.45) is -4.40. The van der Waals surface area contributed by atoms with E-state index in [9.17, 15) is 27.9 Å². The fraction of sp³-hybridized carbons (Fsp3) is 0.241. The maximum Gasteiger partial charge on any atom is 0.573 e. The van der Waals surface area contributed by atoms with Crippen LogP contribution >= 0.6 is 11.6 Å². The van der Waals surface area contributed by atoms with Crippen LogP contribution < -0.4 is 9.47 Å². The van der Waals surface area contributed by atoms with Gasteiger partial charge in [0.15, 0.2) is 5.78 Å². The highest BCUT2D eigenvalue weighted by molar-refractivity contribution is 6.30. The Morgan fingerprint density at radius 2 is 1.82 bits per heavy atom. The molecule has 6 nitrogen and oxygen atoms in total. The van der Waals surface area contributed by atoms with Gasteiger partial charge < -0.3 is 19.1 Å². The fourth-order valence-corrected chi connectivity index (χ4v) is 5.19. The Kier molecular flexibility index (Phi) is 6.58. The molecule has 1 N–H and O–H groups in total. The number of ether oxygens (including phenoxy) is 2. The van der Waals surface area contributed by atoms with E-state index in [4.69, 9.17) is 16.3 Å². The zero-order chi connectivity index (χ0) is 28.1. The molecular weight excluding hydrogens is 535 g/mol. The molecule has 3 aromatic carbocycles. The van der Waals surface area contributed by atoms with Crippen LogP contribution in [0.3, 0.4) is 0 Å². The highest BCUT2D eigenvalue weighted by atomic mass is 35.5. The second-order valence-corrected chi connectivity index (χ2v) is 9.92. The zero-order valence-electron chi connectivity index (χ0n) is 20.9. The molecule has 202 valence electrons.